The normalized spacial score (nSPS) is 20.8. The fourth-order valence-corrected chi connectivity index (χ4v) is 4.60. The van der Waals surface area contributed by atoms with Crippen molar-refractivity contribution in [2.75, 3.05) is 57.7 Å². The molecule has 3 aliphatic heterocycles. The highest BCUT2D eigenvalue weighted by molar-refractivity contribution is 5.75. The number of carbonyl (C=O) groups excluding carboxylic acids is 1. The van der Waals surface area contributed by atoms with Gasteiger partial charge in [0.05, 0.1) is 6.54 Å². The number of piperidine rings is 1. The Hall–Kier alpha value is -2.35. The molecule has 2 fully saturated rings. The zero-order valence-corrected chi connectivity index (χ0v) is 17.0. The van der Waals surface area contributed by atoms with Gasteiger partial charge in [0.2, 0.25) is 0 Å². The Morgan fingerprint density at radius 3 is 2.52 bits per heavy atom. The largest absolute Gasteiger partial charge is 0.480 e. The number of piperazine rings is 1. The van der Waals surface area contributed by atoms with E-state index >= 15 is 0 Å². The molecule has 1 aromatic heterocycles. The molecule has 0 bridgehead atoms. The number of carboxylic acid groups (broad SMARTS) is 1. The minimum atomic E-state index is -0.809. The number of carboxylic acids is 1. The highest BCUT2D eigenvalue weighted by Gasteiger charge is 2.29. The maximum atomic E-state index is 12.8. The lowest BCUT2D eigenvalue weighted by molar-refractivity contribution is -0.138. The molecule has 8 nitrogen and oxygen atoms in total. The number of pyridine rings is 1. The van der Waals surface area contributed by atoms with Gasteiger partial charge in [0.25, 0.3) is 0 Å². The Kier molecular flexibility index (Phi) is 6.18. The lowest BCUT2D eigenvalue weighted by atomic mass is 9.91. The maximum Gasteiger partial charge on any atom is 0.320 e. The molecule has 0 unspecified atom stereocenters. The van der Waals surface area contributed by atoms with E-state index in [1.165, 1.54) is 12.0 Å². The standard InChI is InChI=1S/C21H31N5O3/c27-19(28)15-24-10-12-26(13-11-24)21(29)25-8-5-16(6-9-25)14-18-4-3-17-2-1-7-22-20(17)23-18/h3-4,16H,1-2,5-15H2,(H,22,23)(H,27,28). The van der Waals surface area contributed by atoms with Gasteiger partial charge in [-0.2, -0.15) is 0 Å². The minimum absolute atomic E-state index is 0.0552. The molecule has 4 rings (SSSR count). The Morgan fingerprint density at radius 1 is 1.07 bits per heavy atom. The summed E-state index contributed by atoms with van der Waals surface area (Å²) >= 11 is 0. The first kappa shape index (κ1) is 19.9. The van der Waals surface area contributed by atoms with Crippen LogP contribution in [0.25, 0.3) is 0 Å². The molecule has 4 heterocycles. The van der Waals surface area contributed by atoms with Crippen molar-refractivity contribution >= 4 is 17.8 Å². The van der Waals surface area contributed by atoms with E-state index in [9.17, 15) is 9.59 Å². The number of aliphatic carboxylic acids is 1. The zero-order valence-electron chi connectivity index (χ0n) is 17.0. The number of amides is 2. The summed E-state index contributed by atoms with van der Waals surface area (Å²) in [6, 6.07) is 4.49. The number of nitrogens with one attached hydrogen (secondary N) is 1. The predicted molar refractivity (Wildman–Crippen MR) is 110 cm³/mol. The number of carbonyl (C=O) groups is 2. The van der Waals surface area contributed by atoms with Crippen LogP contribution in [0.1, 0.15) is 30.5 Å². The van der Waals surface area contributed by atoms with Crippen molar-refractivity contribution < 1.29 is 14.7 Å². The quantitative estimate of drug-likeness (QED) is 0.795. The molecular formula is C21H31N5O3. The van der Waals surface area contributed by atoms with E-state index in [-0.39, 0.29) is 12.6 Å². The van der Waals surface area contributed by atoms with Crippen LogP contribution in [0, 0.1) is 5.92 Å². The van der Waals surface area contributed by atoms with E-state index in [2.05, 4.69) is 17.4 Å². The number of aryl methyl sites for hydroxylation is 1. The van der Waals surface area contributed by atoms with Crippen LogP contribution in [0.15, 0.2) is 12.1 Å². The van der Waals surface area contributed by atoms with Crippen molar-refractivity contribution in [3.8, 4) is 0 Å². The van der Waals surface area contributed by atoms with Gasteiger partial charge in [-0.15, -0.1) is 0 Å². The average molecular weight is 402 g/mol. The van der Waals surface area contributed by atoms with Crippen molar-refractivity contribution in [1.29, 1.82) is 0 Å². The first-order valence-corrected chi connectivity index (χ1v) is 10.8. The molecule has 0 aromatic carbocycles. The van der Waals surface area contributed by atoms with Gasteiger partial charge in [-0.1, -0.05) is 6.07 Å². The molecule has 0 radical (unpaired) electrons. The van der Waals surface area contributed by atoms with Gasteiger partial charge < -0.3 is 20.2 Å². The van der Waals surface area contributed by atoms with Crippen molar-refractivity contribution in [3.05, 3.63) is 23.4 Å². The first-order valence-electron chi connectivity index (χ1n) is 10.8. The zero-order chi connectivity index (χ0) is 20.2. The van der Waals surface area contributed by atoms with Gasteiger partial charge in [0.15, 0.2) is 0 Å². The summed E-state index contributed by atoms with van der Waals surface area (Å²) in [6.07, 6.45) is 5.29. The molecule has 8 heteroatoms. The summed E-state index contributed by atoms with van der Waals surface area (Å²) in [5.41, 5.74) is 2.47. The molecule has 2 N–H and O–H groups in total. The second kappa shape index (κ2) is 8.98. The molecule has 0 spiro atoms. The number of hydrogen-bond acceptors (Lipinski definition) is 5. The van der Waals surface area contributed by atoms with Gasteiger partial charge in [0.1, 0.15) is 5.82 Å². The molecular weight excluding hydrogens is 370 g/mol. The lowest BCUT2D eigenvalue weighted by Gasteiger charge is -2.39. The highest BCUT2D eigenvalue weighted by atomic mass is 16.4. The minimum Gasteiger partial charge on any atom is -0.480 e. The number of likely N-dealkylation sites (tertiary alicyclic amines) is 1. The number of aromatic nitrogens is 1. The van der Waals surface area contributed by atoms with E-state index in [1.54, 1.807) is 0 Å². The van der Waals surface area contributed by atoms with Crippen LogP contribution in [-0.4, -0.2) is 89.1 Å². The summed E-state index contributed by atoms with van der Waals surface area (Å²) in [7, 11) is 0. The fraction of sp³-hybridized carbons (Fsp3) is 0.667. The topological polar surface area (TPSA) is 89.0 Å². The first-order chi connectivity index (χ1) is 14.1. The SMILES string of the molecule is O=C(O)CN1CCN(C(=O)N2CCC(Cc3ccc4c(n3)NCCC4)CC2)CC1. The van der Waals surface area contributed by atoms with Gasteiger partial charge in [-0.05, 0) is 49.7 Å². The van der Waals surface area contributed by atoms with E-state index in [0.29, 0.717) is 32.1 Å². The van der Waals surface area contributed by atoms with Crippen LogP contribution in [0.2, 0.25) is 0 Å². The van der Waals surface area contributed by atoms with Gasteiger partial charge in [0, 0.05) is 51.5 Å². The van der Waals surface area contributed by atoms with Crippen molar-refractivity contribution in [3.63, 3.8) is 0 Å². The van der Waals surface area contributed by atoms with Crippen LogP contribution in [0.5, 0.6) is 0 Å². The average Bonchev–Trinajstić information content (AvgIpc) is 2.74. The molecule has 3 aliphatic rings. The van der Waals surface area contributed by atoms with Gasteiger partial charge in [-0.3, -0.25) is 9.69 Å². The second-order valence-corrected chi connectivity index (χ2v) is 8.41. The third kappa shape index (κ3) is 4.98. The highest BCUT2D eigenvalue weighted by Crippen LogP contribution is 2.25. The maximum absolute atomic E-state index is 12.8. The Labute approximate surface area is 171 Å². The second-order valence-electron chi connectivity index (χ2n) is 8.41. The van der Waals surface area contributed by atoms with Gasteiger partial charge >= 0.3 is 12.0 Å². The number of anilines is 1. The molecule has 2 saturated heterocycles. The third-order valence-electron chi connectivity index (χ3n) is 6.34. The summed E-state index contributed by atoms with van der Waals surface area (Å²) < 4.78 is 0. The van der Waals surface area contributed by atoms with Crippen molar-refractivity contribution in [1.82, 2.24) is 19.7 Å². The number of fused-ring (bicyclic) bond motifs is 1. The van der Waals surface area contributed by atoms with Crippen LogP contribution in [0.3, 0.4) is 0 Å². The Morgan fingerprint density at radius 2 is 1.79 bits per heavy atom. The van der Waals surface area contributed by atoms with E-state index in [4.69, 9.17) is 10.1 Å². The van der Waals surface area contributed by atoms with E-state index in [0.717, 1.165) is 56.8 Å². The van der Waals surface area contributed by atoms with Crippen molar-refractivity contribution in [2.45, 2.75) is 32.1 Å². The number of nitrogens with zero attached hydrogens (tertiary/aromatic N) is 4. The number of urea groups is 1. The molecule has 0 atom stereocenters. The summed E-state index contributed by atoms with van der Waals surface area (Å²) in [5, 5.41) is 12.3. The summed E-state index contributed by atoms with van der Waals surface area (Å²) in [4.78, 5) is 34.2. The number of hydrogen-bond donors (Lipinski definition) is 2. The fourth-order valence-electron chi connectivity index (χ4n) is 4.60. The predicted octanol–water partition coefficient (Wildman–Crippen LogP) is 1.52. The lowest BCUT2D eigenvalue weighted by Crippen LogP contribution is -2.54. The monoisotopic (exact) mass is 401 g/mol. The van der Waals surface area contributed by atoms with Crippen LogP contribution in [-0.2, 0) is 17.6 Å². The molecule has 158 valence electrons. The summed E-state index contributed by atoms with van der Waals surface area (Å²) in [5.74, 6) is 0.819. The Bertz CT molecular complexity index is 740. The van der Waals surface area contributed by atoms with Crippen molar-refractivity contribution in [2.24, 2.45) is 5.92 Å². The van der Waals surface area contributed by atoms with Crippen LogP contribution in [0.4, 0.5) is 10.6 Å². The molecule has 1 aromatic rings. The van der Waals surface area contributed by atoms with Crippen LogP contribution < -0.4 is 5.32 Å². The summed E-state index contributed by atoms with van der Waals surface area (Å²) in [6.45, 7) is 5.13. The molecule has 29 heavy (non-hydrogen) atoms. The smallest absolute Gasteiger partial charge is 0.320 e. The molecule has 0 aliphatic carbocycles. The molecule has 2 amide bonds. The third-order valence-corrected chi connectivity index (χ3v) is 6.34. The Balaban J connectivity index is 1.23. The van der Waals surface area contributed by atoms with E-state index in [1.807, 2.05) is 14.7 Å². The number of rotatable bonds is 4. The molecule has 0 saturated carbocycles. The van der Waals surface area contributed by atoms with Gasteiger partial charge in [-0.25, -0.2) is 9.78 Å². The van der Waals surface area contributed by atoms with E-state index < -0.39 is 5.97 Å². The van der Waals surface area contributed by atoms with Crippen LogP contribution >= 0.6 is 0 Å².